The van der Waals surface area contributed by atoms with Gasteiger partial charge < -0.3 is 9.64 Å². The topological polar surface area (TPSA) is 53.3 Å². The summed E-state index contributed by atoms with van der Waals surface area (Å²) < 4.78 is 5.95. The normalized spacial score (nSPS) is 10.0. The van der Waals surface area contributed by atoms with Crippen LogP contribution >= 0.6 is 15.9 Å². The Bertz CT molecular complexity index is 690. The molecule has 0 aromatic heterocycles. The molecule has 0 bridgehead atoms. The lowest BCUT2D eigenvalue weighted by atomic mass is 10.1. The largest absolute Gasteiger partial charge is 0.414 e. The molecule has 0 aliphatic carbocycles. The zero-order valence-corrected chi connectivity index (χ0v) is 12.1. The van der Waals surface area contributed by atoms with Gasteiger partial charge in [-0.05, 0) is 44.9 Å². The molecule has 0 fully saturated rings. The SMILES string of the molecule is CN(C)C(=O)Oc1ccc2cc(C#N)ccc2c1Br. The van der Waals surface area contributed by atoms with Crippen LogP contribution in [0.1, 0.15) is 5.56 Å². The van der Waals surface area contributed by atoms with Gasteiger partial charge in [-0.1, -0.05) is 12.1 Å². The zero-order chi connectivity index (χ0) is 14.0. The van der Waals surface area contributed by atoms with E-state index in [1.54, 1.807) is 32.3 Å². The minimum absolute atomic E-state index is 0.436. The maximum Gasteiger partial charge on any atom is 0.414 e. The third-order valence-electron chi connectivity index (χ3n) is 2.61. The van der Waals surface area contributed by atoms with Crippen LogP contribution in [0.4, 0.5) is 4.79 Å². The highest BCUT2D eigenvalue weighted by Gasteiger charge is 2.12. The van der Waals surface area contributed by atoms with Crippen LogP contribution in [-0.4, -0.2) is 25.1 Å². The number of carbonyl (C=O) groups excluding carboxylic acids is 1. The highest BCUT2D eigenvalue weighted by molar-refractivity contribution is 9.10. The smallest absolute Gasteiger partial charge is 0.409 e. The number of nitrogens with zero attached hydrogens (tertiary/aromatic N) is 2. The fourth-order valence-corrected chi connectivity index (χ4v) is 2.18. The quantitative estimate of drug-likeness (QED) is 0.808. The summed E-state index contributed by atoms with van der Waals surface area (Å²) in [6.45, 7) is 0. The van der Waals surface area contributed by atoms with E-state index in [4.69, 9.17) is 10.00 Å². The maximum absolute atomic E-state index is 11.5. The number of fused-ring (bicyclic) bond motifs is 1. The summed E-state index contributed by atoms with van der Waals surface area (Å²) in [6.07, 6.45) is -0.436. The van der Waals surface area contributed by atoms with Gasteiger partial charge in [0.1, 0.15) is 5.75 Å². The van der Waals surface area contributed by atoms with E-state index in [2.05, 4.69) is 22.0 Å². The Kier molecular flexibility index (Phi) is 3.72. The average Bonchev–Trinajstić information content (AvgIpc) is 2.41. The van der Waals surface area contributed by atoms with Gasteiger partial charge in [-0.3, -0.25) is 0 Å². The van der Waals surface area contributed by atoms with Gasteiger partial charge >= 0.3 is 6.09 Å². The van der Waals surface area contributed by atoms with E-state index >= 15 is 0 Å². The average molecular weight is 319 g/mol. The summed E-state index contributed by atoms with van der Waals surface area (Å²) in [7, 11) is 3.24. The van der Waals surface area contributed by atoms with Gasteiger partial charge in [-0.2, -0.15) is 5.26 Å². The van der Waals surface area contributed by atoms with Crippen LogP contribution < -0.4 is 4.74 Å². The number of hydrogen-bond acceptors (Lipinski definition) is 3. The monoisotopic (exact) mass is 318 g/mol. The number of nitriles is 1. The first-order chi connectivity index (χ1) is 9.02. The van der Waals surface area contributed by atoms with Gasteiger partial charge in [-0.15, -0.1) is 0 Å². The molecule has 2 aromatic carbocycles. The van der Waals surface area contributed by atoms with Crippen molar-refractivity contribution in [2.24, 2.45) is 0 Å². The molecule has 0 saturated carbocycles. The third-order valence-corrected chi connectivity index (χ3v) is 3.43. The van der Waals surface area contributed by atoms with Crippen LogP contribution in [0.25, 0.3) is 10.8 Å². The first-order valence-electron chi connectivity index (χ1n) is 5.54. The summed E-state index contributed by atoms with van der Waals surface area (Å²) in [4.78, 5) is 12.9. The zero-order valence-electron chi connectivity index (χ0n) is 10.5. The molecule has 0 aliphatic rings. The molecule has 2 rings (SSSR count). The number of hydrogen-bond donors (Lipinski definition) is 0. The van der Waals surface area contributed by atoms with Crippen LogP contribution in [0.3, 0.4) is 0 Å². The maximum atomic E-state index is 11.5. The second kappa shape index (κ2) is 5.29. The van der Waals surface area contributed by atoms with Crippen LogP contribution in [0.15, 0.2) is 34.8 Å². The molecule has 5 heteroatoms. The highest BCUT2D eigenvalue weighted by atomic mass is 79.9. The number of amides is 1. The fourth-order valence-electron chi connectivity index (χ4n) is 1.61. The van der Waals surface area contributed by atoms with Crippen molar-refractivity contribution in [2.75, 3.05) is 14.1 Å². The number of carbonyl (C=O) groups is 1. The Morgan fingerprint density at radius 2 is 2.05 bits per heavy atom. The molecule has 4 nitrogen and oxygen atoms in total. The molecule has 0 aliphatic heterocycles. The molecule has 2 aromatic rings. The Labute approximate surface area is 119 Å². The predicted octanol–water partition coefficient (Wildman–Crippen LogP) is 3.53. The number of ether oxygens (including phenoxy) is 1. The van der Waals surface area contributed by atoms with E-state index < -0.39 is 6.09 Å². The molecule has 0 heterocycles. The van der Waals surface area contributed by atoms with Crippen molar-refractivity contribution in [2.45, 2.75) is 0 Å². The van der Waals surface area contributed by atoms with Gasteiger partial charge in [0.05, 0.1) is 16.1 Å². The summed E-state index contributed by atoms with van der Waals surface area (Å²) in [6, 6.07) is 11.0. The Morgan fingerprint density at radius 1 is 1.32 bits per heavy atom. The van der Waals surface area contributed by atoms with E-state index in [0.717, 1.165) is 10.8 Å². The van der Waals surface area contributed by atoms with Gasteiger partial charge in [0.25, 0.3) is 0 Å². The van der Waals surface area contributed by atoms with Crippen LogP contribution in [0.5, 0.6) is 5.75 Å². The Balaban J connectivity index is 2.47. The van der Waals surface area contributed by atoms with Crippen LogP contribution in [0, 0.1) is 11.3 Å². The van der Waals surface area contributed by atoms with Gasteiger partial charge in [0.2, 0.25) is 0 Å². The molecule has 96 valence electrons. The lowest BCUT2D eigenvalue weighted by molar-refractivity contribution is 0.171. The van der Waals surface area contributed by atoms with Crippen molar-refractivity contribution in [3.63, 3.8) is 0 Å². The van der Waals surface area contributed by atoms with Crippen molar-refractivity contribution in [1.82, 2.24) is 4.90 Å². The van der Waals surface area contributed by atoms with Crippen LogP contribution in [0.2, 0.25) is 0 Å². The summed E-state index contributed by atoms with van der Waals surface area (Å²) in [5.74, 6) is 0.455. The predicted molar refractivity (Wildman–Crippen MR) is 76.1 cm³/mol. The lowest BCUT2D eigenvalue weighted by Crippen LogP contribution is -2.25. The molecule has 0 N–H and O–H groups in total. The summed E-state index contributed by atoms with van der Waals surface area (Å²) >= 11 is 3.43. The Morgan fingerprint density at radius 3 is 2.68 bits per heavy atom. The second-order valence-electron chi connectivity index (χ2n) is 4.19. The summed E-state index contributed by atoms with van der Waals surface area (Å²) in [5.41, 5.74) is 0.595. The molecular formula is C14H11BrN2O2. The minimum atomic E-state index is -0.436. The Hall–Kier alpha value is -2.06. The number of halogens is 1. The van der Waals surface area contributed by atoms with Crippen molar-refractivity contribution in [1.29, 1.82) is 5.26 Å². The van der Waals surface area contributed by atoms with E-state index in [0.29, 0.717) is 15.8 Å². The first kappa shape index (κ1) is 13.4. The molecule has 0 unspecified atom stereocenters. The number of benzene rings is 2. The lowest BCUT2D eigenvalue weighted by Gasteiger charge is -2.13. The van der Waals surface area contributed by atoms with E-state index in [-0.39, 0.29) is 0 Å². The molecule has 19 heavy (non-hydrogen) atoms. The first-order valence-corrected chi connectivity index (χ1v) is 6.33. The molecule has 0 saturated heterocycles. The third kappa shape index (κ3) is 2.69. The number of rotatable bonds is 1. The standard InChI is InChI=1S/C14H11BrN2O2/c1-17(2)14(18)19-12-6-4-10-7-9(8-16)3-5-11(10)13(12)15/h3-7H,1-2H3. The molecular weight excluding hydrogens is 308 g/mol. The molecule has 1 amide bonds. The van der Waals surface area contributed by atoms with E-state index in [9.17, 15) is 4.79 Å². The molecule has 0 radical (unpaired) electrons. The van der Waals surface area contributed by atoms with Crippen molar-refractivity contribution < 1.29 is 9.53 Å². The van der Waals surface area contributed by atoms with Gasteiger partial charge in [0, 0.05) is 14.1 Å². The van der Waals surface area contributed by atoms with Gasteiger partial charge in [-0.25, -0.2) is 4.79 Å². The van der Waals surface area contributed by atoms with Crippen molar-refractivity contribution in [3.05, 3.63) is 40.4 Å². The van der Waals surface area contributed by atoms with Crippen molar-refractivity contribution in [3.8, 4) is 11.8 Å². The fraction of sp³-hybridized carbons (Fsp3) is 0.143. The minimum Gasteiger partial charge on any atom is -0.409 e. The molecule has 0 atom stereocenters. The van der Waals surface area contributed by atoms with E-state index in [1.165, 1.54) is 4.90 Å². The van der Waals surface area contributed by atoms with Crippen molar-refractivity contribution >= 4 is 32.8 Å². The molecule has 0 spiro atoms. The van der Waals surface area contributed by atoms with Gasteiger partial charge in [0.15, 0.2) is 0 Å². The highest BCUT2D eigenvalue weighted by Crippen LogP contribution is 2.33. The van der Waals surface area contributed by atoms with Crippen LogP contribution in [-0.2, 0) is 0 Å². The summed E-state index contributed by atoms with van der Waals surface area (Å²) in [5, 5.41) is 10.7. The second-order valence-corrected chi connectivity index (χ2v) is 4.98. The van der Waals surface area contributed by atoms with E-state index in [1.807, 2.05) is 12.1 Å².